The van der Waals surface area contributed by atoms with Crippen LogP contribution in [0.4, 0.5) is 0 Å². The summed E-state index contributed by atoms with van der Waals surface area (Å²) in [6.07, 6.45) is 4.44. The van der Waals surface area contributed by atoms with E-state index in [1.807, 2.05) is 37.3 Å². The molecule has 2 heteroatoms. The smallest absolute Gasteiger partial charge is 0.0567 e. The standard InChI is InChI=1S/C10H12N2/c1-2-8-11-12-9-10-6-4-3-5-7-10/h3-9H,2H2,1H3/b11-8+,12-9+. The number of benzene rings is 1. The highest BCUT2D eigenvalue weighted by molar-refractivity contribution is 5.79. The minimum absolute atomic E-state index is 0.923. The Balaban J connectivity index is 2.52. The van der Waals surface area contributed by atoms with Gasteiger partial charge in [-0.2, -0.15) is 10.2 Å². The summed E-state index contributed by atoms with van der Waals surface area (Å²) in [5.74, 6) is 0. The van der Waals surface area contributed by atoms with E-state index < -0.39 is 0 Å². The van der Waals surface area contributed by atoms with Crippen molar-refractivity contribution in [2.24, 2.45) is 10.2 Å². The normalized spacial score (nSPS) is 11.4. The van der Waals surface area contributed by atoms with Crippen molar-refractivity contribution in [3.05, 3.63) is 35.9 Å². The Labute approximate surface area is 72.7 Å². The summed E-state index contributed by atoms with van der Waals surface area (Å²) in [6.45, 7) is 2.03. The van der Waals surface area contributed by atoms with Crippen LogP contribution in [0.3, 0.4) is 0 Å². The second kappa shape index (κ2) is 5.24. The number of nitrogens with zero attached hydrogens (tertiary/aromatic N) is 2. The summed E-state index contributed by atoms with van der Waals surface area (Å²) < 4.78 is 0. The molecule has 2 nitrogen and oxygen atoms in total. The summed E-state index contributed by atoms with van der Waals surface area (Å²) in [5, 5.41) is 7.71. The molecule has 0 bridgehead atoms. The summed E-state index contributed by atoms with van der Waals surface area (Å²) in [5.41, 5.74) is 1.07. The molecule has 0 N–H and O–H groups in total. The van der Waals surface area contributed by atoms with Crippen molar-refractivity contribution < 1.29 is 0 Å². The van der Waals surface area contributed by atoms with Gasteiger partial charge >= 0.3 is 0 Å². The van der Waals surface area contributed by atoms with E-state index in [1.54, 1.807) is 12.4 Å². The molecule has 1 rings (SSSR count). The lowest BCUT2D eigenvalue weighted by atomic mass is 10.2. The first kappa shape index (κ1) is 8.65. The minimum atomic E-state index is 0.923. The maximum Gasteiger partial charge on any atom is 0.0567 e. The van der Waals surface area contributed by atoms with E-state index in [0.29, 0.717) is 0 Å². The second-order valence-electron chi connectivity index (χ2n) is 2.36. The lowest BCUT2D eigenvalue weighted by Crippen LogP contribution is -1.77. The van der Waals surface area contributed by atoms with Crippen molar-refractivity contribution in [1.29, 1.82) is 0 Å². The third-order valence-corrected chi connectivity index (χ3v) is 1.34. The van der Waals surface area contributed by atoms with Gasteiger partial charge in [-0.15, -0.1) is 0 Å². The molecule has 0 fully saturated rings. The summed E-state index contributed by atoms with van der Waals surface area (Å²) >= 11 is 0. The molecule has 0 amide bonds. The molecular formula is C10H12N2. The van der Waals surface area contributed by atoms with Crippen molar-refractivity contribution in [2.45, 2.75) is 13.3 Å². The molecule has 0 aliphatic heterocycles. The molecule has 62 valence electrons. The van der Waals surface area contributed by atoms with Gasteiger partial charge in [0.05, 0.1) is 6.21 Å². The average molecular weight is 160 g/mol. The SMILES string of the molecule is CC/C=N/N=C/c1ccccc1. The largest absolute Gasteiger partial charge is 0.164 e. The molecule has 0 aromatic heterocycles. The minimum Gasteiger partial charge on any atom is -0.164 e. The molecule has 0 saturated carbocycles. The van der Waals surface area contributed by atoms with Crippen LogP contribution in [0.1, 0.15) is 18.9 Å². The highest BCUT2D eigenvalue weighted by Crippen LogP contribution is 1.93. The van der Waals surface area contributed by atoms with Crippen molar-refractivity contribution in [2.75, 3.05) is 0 Å². The van der Waals surface area contributed by atoms with Crippen LogP contribution in [0, 0.1) is 0 Å². The van der Waals surface area contributed by atoms with Crippen LogP contribution < -0.4 is 0 Å². The van der Waals surface area contributed by atoms with E-state index in [9.17, 15) is 0 Å². The zero-order valence-corrected chi connectivity index (χ0v) is 7.14. The van der Waals surface area contributed by atoms with Gasteiger partial charge < -0.3 is 0 Å². The van der Waals surface area contributed by atoms with E-state index in [4.69, 9.17) is 0 Å². The Kier molecular flexibility index (Phi) is 3.78. The fourth-order valence-electron chi connectivity index (χ4n) is 0.768. The monoisotopic (exact) mass is 160 g/mol. The van der Waals surface area contributed by atoms with Gasteiger partial charge in [-0.1, -0.05) is 37.3 Å². The maximum absolute atomic E-state index is 3.88. The molecule has 0 heterocycles. The van der Waals surface area contributed by atoms with Gasteiger partial charge in [-0.3, -0.25) is 0 Å². The van der Waals surface area contributed by atoms with Gasteiger partial charge in [0, 0.05) is 6.21 Å². The van der Waals surface area contributed by atoms with Crippen LogP contribution in [0.15, 0.2) is 40.5 Å². The molecular weight excluding hydrogens is 148 g/mol. The summed E-state index contributed by atoms with van der Waals surface area (Å²) in [6, 6.07) is 9.92. The lowest BCUT2D eigenvalue weighted by Gasteiger charge is -1.86. The lowest BCUT2D eigenvalue weighted by molar-refractivity contribution is 1.21. The van der Waals surface area contributed by atoms with Crippen LogP contribution in [0.2, 0.25) is 0 Å². The van der Waals surface area contributed by atoms with Gasteiger partial charge in [0.25, 0.3) is 0 Å². The van der Waals surface area contributed by atoms with Gasteiger partial charge in [0.2, 0.25) is 0 Å². The Bertz CT molecular complexity index is 262. The van der Waals surface area contributed by atoms with E-state index in [1.165, 1.54) is 0 Å². The summed E-state index contributed by atoms with van der Waals surface area (Å²) in [4.78, 5) is 0. The van der Waals surface area contributed by atoms with Crippen molar-refractivity contribution in [3.8, 4) is 0 Å². The molecule has 0 aliphatic carbocycles. The third-order valence-electron chi connectivity index (χ3n) is 1.34. The van der Waals surface area contributed by atoms with E-state index in [2.05, 4.69) is 10.2 Å². The van der Waals surface area contributed by atoms with E-state index in [0.717, 1.165) is 12.0 Å². The first-order valence-electron chi connectivity index (χ1n) is 4.03. The molecule has 0 aliphatic rings. The predicted molar refractivity (Wildman–Crippen MR) is 52.8 cm³/mol. The Morgan fingerprint density at radius 1 is 1.17 bits per heavy atom. The second-order valence-corrected chi connectivity index (χ2v) is 2.36. The topological polar surface area (TPSA) is 24.7 Å². The number of hydrogen-bond acceptors (Lipinski definition) is 2. The van der Waals surface area contributed by atoms with Gasteiger partial charge in [-0.05, 0) is 12.0 Å². The Morgan fingerprint density at radius 3 is 2.58 bits per heavy atom. The third kappa shape index (κ3) is 3.10. The van der Waals surface area contributed by atoms with Crippen LogP contribution in [-0.2, 0) is 0 Å². The zero-order chi connectivity index (χ0) is 8.65. The molecule has 0 saturated heterocycles. The number of rotatable bonds is 3. The van der Waals surface area contributed by atoms with Crippen molar-refractivity contribution >= 4 is 12.4 Å². The molecule has 0 unspecified atom stereocenters. The van der Waals surface area contributed by atoms with Crippen molar-refractivity contribution in [1.82, 2.24) is 0 Å². The molecule has 0 atom stereocenters. The van der Waals surface area contributed by atoms with Crippen LogP contribution in [0.5, 0.6) is 0 Å². The highest BCUT2D eigenvalue weighted by atomic mass is 15.2. The van der Waals surface area contributed by atoms with Crippen LogP contribution in [-0.4, -0.2) is 12.4 Å². The van der Waals surface area contributed by atoms with Crippen LogP contribution in [0.25, 0.3) is 0 Å². The zero-order valence-electron chi connectivity index (χ0n) is 7.14. The molecule has 1 aromatic rings. The molecule has 0 spiro atoms. The fraction of sp³-hybridized carbons (Fsp3) is 0.200. The van der Waals surface area contributed by atoms with E-state index >= 15 is 0 Å². The summed E-state index contributed by atoms with van der Waals surface area (Å²) in [7, 11) is 0. The van der Waals surface area contributed by atoms with Gasteiger partial charge in [-0.25, -0.2) is 0 Å². The fourth-order valence-corrected chi connectivity index (χ4v) is 0.768. The first-order chi connectivity index (χ1) is 5.93. The van der Waals surface area contributed by atoms with Gasteiger partial charge in [0.1, 0.15) is 0 Å². The van der Waals surface area contributed by atoms with Crippen molar-refractivity contribution in [3.63, 3.8) is 0 Å². The average Bonchev–Trinajstić information content (AvgIpc) is 2.14. The first-order valence-corrected chi connectivity index (χ1v) is 4.03. The van der Waals surface area contributed by atoms with E-state index in [-0.39, 0.29) is 0 Å². The molecule has 12 heavy (non-hydrogen) atoms. The Hall–Kier alpha value is -1.44. The predicted octanol–water partition coefficient (Wildman–Crippen LogP) is 2.50. The number of hydrogen-bond donors (Lipinski definition) is 0. The Morgan fingerprint density at radius 2 is 1.92 bits per heavy atom. The quantitative estimate of drug-likeness (QED) is 0.479. The molecule has 1 aromatic carbocycles. The highest BCUT2D eigenvalue weighted by Gasteiger charge is 1.80. The van der Waals surface area contributed by atoms with Crippen LogP contribution >= 0.6 is 0 Å². The maximum atomic E-state index is 3.88. The van der Waals surface area contributed by atoms with Gasteiger partial charge in [0.15, 0.2) is 0 Å². The molecule has 0 radical (unpaired) electrons.